The fourth-order valence-corrected chi connectivity index (χ4v) is 8.41. The first-order valence-electron chi connectivity index (χ1n) is 24.0. The summed E-state index contributed by atoms with van der Waals surface area (Å²) in [5, 5.41) is 20.7. The molecule has 0 aliphatic heterocycles. The summed E-state index contributed by atoms with van der Waals surface area (Å²) < 4.78 is 55.7. The van der Waals surface area contributed by atoms with Gasteiger partial charge in [-0.05, 0) is 213 Å². The number of nitrogens with two attached hydrogens (primary N) is 1. The number of fused-ring (bicyclic) bond motifs is 3. The highest BCUT2D eigenvalue weighted by atomic mass is 19.1. The summed E-state index contributed by atoms with van der Waals surface area (Å²) in [5.41, 5.74) is 17.1. The van der Waals surface area contributed by atoms with Crippen molar-refractivity contribution in [2.75, 3.05) is 54.4 Å². The van der Waals surface area contributed by atoms with E-state index in [0.717, 1.165) is 98.6 Å². The minimum absolute atomic E-state index is 0.0255. The second-order valence-electron chi connectivity index (χ2n) is 18.2. The molecule has 3 aliphatic carbocycles. The highest BCUT2D eigenvalue weighted by Gasteiger charge is 2.28. The molecule has 0 radical (unpaired) electrons. The SMILES string of the molecule is CC1=C(CC(=O)NCCN(C)C)c2cc(F)ccc2/C1=C\c1ccco1.CC1=C(CC(=O)O)c2cc(F)ccc2/C1=C\c1ccco1.CC1=C(CC(=O)O)c2cc(F)ccc2C1.CN(C)CCN.O=Cc1ccco1. The Kier molecular flexibility index (Phi) is 21.5. The van der Waals surface area contributed by atoms with Crippen LogP contribution in [0.2, 0.25) is 0 Å². The van der Waals surface area contributed by atoms with E-state index < -0.39 is 11.9 Å². The molecule has 0 saturated carbocycles. The summed E-state index contributed by atoms with van der Waals surface area (Å²) in [6.45, 7) is 8.82. The van der Waals surface area contributed by atoms with Crippen molar-refractivity contribution in [1.82, 2.24) is 15.1 Å². The predicted molar refractivity (Wildman–Crippen MR) is 286 cm³/mol. The summed E-state index contributed by atoms with van der Waals surface area (Å²) in [5.74, 6) is -1.07. The van der Waals surface area contributed by atoms with E-state index in [1.807, 2.05) is 84.2 Å². The van der Waals surface area contributed by atoms with Gasteiger partial charge in [0, 0.05) is 26.2 Å². The molecule has 13 nitrogen and oxygen atoms in total. The van der Waals surface area contributed by atoms with Gasteiger partial charge in [0.05, 0.1) is 38.1 Å². The number of amides is 1. The number of furan rings is 3. The number of likely N-dealkylation sites (N-methyl/N-ethyl adjacent to an activating group) is 2. The molecule has 16 heteroatoms. The Balaban J connectivity index is 0.000000190. The zero-order chi connectivity index (χ0) is 54.8. The van der Waals surface area contributed by atoms with Crippen molar-refractivity contribution in [3.05, 3.63) is 195 Å². The van der Waals surface area contributed by atoms with Crippen molar-refractivity contribution in [2.24, 2.45) is 5.73 Å². The molecule has 0 atom stereocenters. The molecule has 5 N–H and O–H groups in total. The number of carboxylic acid groups (broad SMARTS) is 2. The van der Waals surface area contributed by atoms with Crippen LogP contribution in [0.4, 0.5) is 13.2 Å². The van der Waals surface area contributed by atoms with Gasteiger partial charge >= 0.3 is 11.9 Å². The third-order valence-corrected chi connectivity index (χ3v) is 12.0. The molecule has 0 spiro atoms. The Morgan fingerprint density at radius 1 is 0.600 bits per heavy atom. The van der Waals surface area contributed by atoms with Crippen LogP contribution in [-0.4, -0.2) is 98.5 Å². The quantitative estimate of drug-likeness (QED) is 0.0756. The molecular weight excluding hydrogens is 966 g/mol. The highest BCUT2D eigenvalue weighted by Crippen LogP contribution is 2.45. The largest absolute Gasteiger partial charge is 0.481 e. The van der Waals surface area contributed by atoms with Gasteiger partial charge < -0.3 is 44.3 Å². The van der Waals surface area contributed by atoms with Gasteiger partial charge in [0.15, 0.2) is 12.0 Å². The van der Waals surface area contributed by atoms with E-state index in [2.05, 4.69) is 14.6 Å². The average Bonchev–Trinajstić information content (AvgIpc) is 4.24. The third kappa shape index (κ3) is 16.7. The predicted octanol–water partition coefficient (Wildman–Crippen LogP) is 11.3. The van der Waals surface area contributed by atoms with E-state index in [0.29, 0.717) is 35.5 Å². The maximum atomic E-state index is 13.8. The van der Waals surface area contributed by atoms with E-state index in [9.17, 15) is 32.3 Å². The van der Waals surface area contributed by atoms with Crippen LogP contribution in [0.3, 0.4) is 0 Å². The molecule has 3 heterocycles. The summed E-state index contributed by atoms with van der Waals surface area (Å²) in [4.78, 5) is 47.9. The molecule has 3 aromatic carbocycles. The van der Waals surface area contributed by atoms with Crippen molar-refractivity contribution in [1.29, 1.82) is 0 Å². The number of nitrogens with one attached hydrogen (secondary N) is 1. The Morgan fingerprint density at radius 2 is 1.04 bits per heavy atom. The van der Waals surface area contributed by atoms with E-state index >= 15 is 0 Å². The maximum absolute atomic E-state index is 13.8. The normalized spacial score (nSPS) is 14.0. The molecule has 9 rings (SSSR count). The number of carboxylic acids is 2. The minimum atomic E-state index is -0.932. The number of nitrogens with zero attached hydrogens (tertiary/aromatic N) is 2. The molecule has 0 fully saturated rings. The first-order chi connectivity index (χ1) is 35.8. The van der Waals surface area contributed by atoms with Gasteiger partial charge in [0.1, 0.15) is 29.0 Å². The summed E-state index contributed by atoms with van der Waals surface area (Å²) >= 11 is 0. The molecule has 0 bridgehead atoms. The second-order valence-corrected chi connectivity index (χ2v) is 18.2. The van der Waals surface area contributed by atoms with Gasteiger partial charge in [-0.1, -0.05) is 23.8 Å². The Morgan fingerprint density at radius 3 is 1.44 bits per heavy atom. The van der Waals surface area contributed by atoms with E-state index in [1.165, 1.54) is 42.7 Å². The first-order valence-corrected chi connectivity index (χ1v) is 24.0. The minimum Gasteiger partial charge on any atom is -0.481 e. The van der Waals surface area contributed by atoms with Crippen molar-refractivity contribution >= 4 is 64.1 Å². The third-order valence-electron chi connectivity index (χ3n) is 12.0. The fourth-order valence-electron chi connectivity index (χ4n) is 8.41. The van der Waals surface area contributed by atoms with Crippen LogP contribution in [0.15, 0.2) is 140 Å². The molecule has 0 unspecified atom stereocenters. The Bertz CT molecular complexity index is 3090. The number of carbonyl (C=O) groups excluding carboxylic acids is 2. The maximum Gasteiger partial charge on any atom is 0.307 e. The number of carbonyl (C=O) groups is 4. The molecule has 3 aliphatic rings. The monoisotopic (exact) mass is 1030 g/mol. The number of hydrogen-bond donors (Lipinski definition) is 4. The van der Waals surface area contributed by atoms with Gasteiger partial charge in [-0.15, -0.1) is 0 Å². The molecule has 75 heavy (non-hydrogen) atoms. The standard InChI is InChI=1S/C21H23FN2O2.C17H13FO3.C12H11FO2.C5H4O2.C4H12N2/c1-14-18(12-16-5-4-10-26-16)17-7-6-15(22)11-20(17)19(14)13-21(25)23-8-9-24(2)3;1-10-14(8-12-3-2-6-21-12)13-5-4-11(18)7-16(13)15(10)9-17(19)20;1-7-4-8-2-3-9(13)5-11(8)10(7)6-12(14)15;6-4-5-2-1-3-7-5;1-6(2)4-3-5/h4-7,10-12H,8-9,13H2,1-3H3,(H,23,25);2-8H,9H2,1H3,(H,19,20);2-3,5H,4,6H2,1H3,(H,14,15);1-4H;3-5H2,1-2H3/b18-12-;14-8-;;;. The van der Waals surface area contributed by atoms with Crippen LogP contribution in [-0.2, 0) is 20.8 Å². The van der Waals surface area contributed by atoms with Gasteiger partial charge in [-0.2, -0.15) is 0 Å². The van der Waals surface area contributed by atoms with Crippen molar-refractivity contribution in [2.45, 2.75) is 46.5 Å². The average molecular weight is 1030 g/mol. The van der Waals surface area contributed by atoms with Gasteiger partial charge in [-0.3, -0.25) is 19.2 Å². The topological polar surface area (TPSA) is 193 Å². The lowest BCUT2D eigenvalue weighted by Gasteiger charge is -2.11. The van der Waals surface area contributed by atoms with Crippen LogP contribution >= 0.6 is 0 Å². The molecular formula is C59H63F3N4O9. The molecule has 0 saturated heterocycles. The summed E-state index contributed by atoms with van der Waals surface area (Å²) in [6, 6.07) is 24.3. The second kappa shape index (κ2) is 27.8. The molecule has 6 aromatic rings. The first kappa shape index (κ1) is 57.8. The number of allylic oxidation sites excluding steroid dienone is 5. The summed E-state index contributed by atoms with van der Waals surface area (Å²) in [6.07, 6.45) is 9.91. The van der Waals surface area contributed by atoms with Gasteiger partial charge in [0.2, 0.25) is 5.91 Å². The Labute approximate surface area is 434 Å². The van der Waals surface area contributed by atoms with E-state index in [1.54, 1.807) is 48.9 Å². The lowest BCUT2D eigenvalue weighted by atomic mass is 10.0. The van der Waals surface area contributed by atoms with E-state index in [4.69, 9.17) is 24.8 Å². The zero-order valence-electron chi connectivity index (χ0n) is 43.1. The lowest BCUT2D eigenvalue weighted by Crippen LogP contribution is -2.31. The van der Waals surface area contributed by atoms with Gasteiger partial charge in [0.25, 0.3) is 0 Å². The van der Waals surface area contributed by atoms with Crippen LogP contribution in [0.1, 0.15) is 95.5 Å². The van der Waals surface area contributed by atoms with Crippen molar-refractivity contribution in [3.63, 3.8) is 0 Å². The number of benzene rings is 3. The van der Waals surface area contributed by atoms with Crippen LogP contribution in [0.5, 0.6) is 0 Å². The fraction of sp³-hybridized carbons (Fsp3) is 0.254. The van der Waals surface area contributed by atoms with Gasteiger partial charge in [-0.25, -0.2) is 13.2 Å². The number of rotatable bonds is 14. The number of halogens is 3. The van der Waals surface area contributed by atoms with Crippen molar-refractivity contribution < 1.29 is 55.8 Å². The molecule has 394 valence electrons. The molecule has 1 amide bonds. The number of hydrogen-bond acceptors (Lipinski definition) is 10. The van der Waals surface area contributed by atoms with Crippen LogP contribution in [0.25, 0.3) is 40.0 Å². The Hall–Kier alpha value is -8.05. The number of aldehydes is 1. The van der Waals surface area contributed by atoms with Crippen LogP contribution in [0, 0.1) is 17.5 Å². The highest BCUT2D eigenvalue weighted by molar-refractivity contribution is 6.08. The van der Waals surface area contributed by atoms with E-state index in [-0.39, 0.29) is 42.6 Å². The van der Waals surface area contributed by atoms with Crippen molar-refractivity contribution in [3.8, 4) is 0 Å². The zero-order valence-corrected chi connectivity index (χ0v) is 43.1. The number of aliphatic carboxylic acids is 2. The molecule has 3 aromatic heterocycles. The van der Waals surface area contributed by atoms with Crippen LogP contribution < -0.4 is 11.1 Å². The smallest absolute Gasteiger partial charge is 0.307 e. The summed E-state index contributed by atoms with van der Waals surface area (Å²) in [7, 11) is 7.93. The lowest BCUT2D eigenvalue weighted by molar-refractivity contribution is -0.136.